The number of carbonyl (C=O) groups is 1. The van der Waals surface area contributed by atoms with Crippen molar-refractivity contribution in [3.05, 3.63) is 0 Å². The molecule has 0 atom stereocenters. The van der Waals surface area contributed by atoms with Gasteiger partial charge in [0.25, 0.3) is 0 Å². The van der Waals surface area contributed by atoms with Gasteiger partial charge in [-0.3, -0.25) is 0 Å². The van der Waals surface area contributed by atoms with Crippen LogP contribution in [-0.4, -0.2) is 43.8 Å². The van der Waals surface area contributed by atoms with E-state index in [-0.39, 0.29) is 32.5 Å². The third-order valence-corrected chi connectivity index (χ3v) is 0.965. The van der Waals surface area contributed by atoms with Crippen LogP contribution in [-0.2, 0) is 14.2 Å². The highest BCUT2D eigenvalue weighted by atomic mass is 35.5. The normalized spacial score (nSPS) is 9.50. The first kappa shape index (κ1) is 11.5. The van der Waals surface area contributed by atoms with Gasteiger partial charge in [-0.25, -0.2) is 4.79 Å². The first-order chi connectivity index (χ1) is 5.81. The molecule has 0 heterocycles. The van der Waals surface area contributed by atoms with Gasteiger partial charge in [-0.2, -0.15) is 0 Å². The van der Waals surface area contributed by atoms with Crippen molar-refractivity contribution in [2.24, 2.45) is 0 Å². The van der Waals surface area contributed by atoms with Crippen LogP contribution >= 0.6 is 11.6 Å². The molecule has 0 aliphatic heterocycles. The Morgan fingerprint density at radius 2 is 2.00 bits per heavy atom. The Balaban J connectivity index is 3.03. The van der Waals surface area contributed by atoms with Crippen molar-refractivity contribution in [2.75, 3.05) is 32.5 Å². The van der Waals surface area contributed by atoms with E-state index in [0.29, 0.717) is 0 Å². The van der Waals surface area contributed by atoms with Crippen LogP contribution in [0, 0.1) is 0 Å². The van der Waals surface area contributed by atoms with Crippen molar-refractivity contribution in [3.63, 3.8) is 0 Å². The standard InChI is InChI=1S/C6H11ClO5/c7-5-12-6(9)11-4-3-10-2-1-8/h8H,1-5H2. The fourth-order valence-electron chi connectivity index (χ4n) is 0.437. The molecule has 12 heavy (non-hydrogen) atoms. The zero-order chi connectivity index (χ0) is 9.23. The van der Waals surface area contributed by atoms with E-state index < -0.39 is 6.16 Å². The SMILES string of the molecule is O=C(OCCl)OCCOCCO. The highest BCUT2D eigenvalue weighted by Crippen LogP contribution is 1.87. The molecule has 0 aliphatic rings. The predicted molar refractivity (Wildman–Crippen MR) is 41.1 cm³/mol. The monoisotopic (exact) mass is 198 g/mol. The number of hydrogen-bond acceptors (Lipinski definition) is 5. The van der Waals surface area contributed by atoms with Crippen molar-refractivity contribution in [1.29, 1.82) is 0 Å². The molecule has 5 nitrogen and oxygen atoms in total. The van der Waals surface area contributed by atoms with Gasteiger partial charge in [0.1, 0.15) is 6.61 Å². The van der Waals surface area contributed by atoms with Gasteiger partial charge in [0.15, 0.2) is 6.07 Å². The van der Waals surface area contributed by atoms with Gasteiger partial charge in [-0.1, -0.05) is 11.6 Å². The second-order valence-electron chi connectivity index (χ2n) is 1.69. The van der Waals surface area contributed by atoms with Crippen LogP contribution in [0.4, 0.5) is 4.79 Å². The van der Waals surface area contributed by atoms with E-state index in [9.17, 15) is 4.79 Å². The third-order valence-electron chi connectivity index (χ3n) is 0.856. The fourth-order valence-corrected chi connectivity index (χ4v) is 0.526. The highest BCUT2D eigenvalue weighted by Gasteiger charge is 2.00. The number of carbonyl (C=O) groups excluding carboxylic acids is 1. The number of aliphatic hydroxyl groups is 1. The average Bonchev–Trinajstić information content (AvgIpc) is 2.05. The van der Waals surface area contributed by atoms with Crippen LogP contribution in [0.5, 0.6) is 0 Å². The number of aliphatic hydroxyl groups excluding tert-OH is 1. The Labute approximate surface area is 75.2 Å². The van der Waals surface area contributed by atoms with Crippen LogP contribution in [0.2, 0.25) is 0 Å². The summed E-state index contributed by atoms with van der Waals surface area (Å²) in [7, 11) is 0. The lowest BCUT2D eigenvalue weighted by Crippen LogP contribution is -2.12. The fraction of sp³-hybridized carbons (Fsp3) is 0.833. The van der Waals surface area contributed by atoms with E-state index in [1.54, 1.807) is 0 Å². The lowest BCUT2D eigenvalue weighted by molar-refractivity contribution is 0.0263. The largest absolute Gasteiger partial charge is 0.509 e. The van der Waals surface area contributed by atoms with Gasteiger partial charge < -0.3 is 19.3 Å². The van der Waals surface area contributed by atoms with Gasteiger partial charge >= 0.3 is 6.16 Å². The quantitative estimate of drug-likeness (QED) is 0.379. The topological polar surface area (TPSA) is 65.0 Å². The van der Waals surface area contributed by atoms with Crippen molar-refractivity contribution in [3.8, 4) is 0 Å². The van der Waals surface area contributed by atoms with Gasteiger partial charge in [-0.15, -0.1) is 0 Å². The molecule has 0 radical (unpaired) electrons. The number of hydrogen-bond donors (Lipinski definition) is 1. The maximum atomic E-state index is 10.4. The molecule has 0 saturated carbocycles. The molecular weight excluding hydrogens is 188 g/mol. The number of alkyl halides is 1. The van der Waals surface area contributed by atoms with Crippen LogP contribution in [0.1, 0.15) is 0 Å². The first-order valence-electron chi connectivity index (χ1n) is 3.35. The molecule has 0 amide bonds. The van der Waals surface area contributed by atoms with Crippen LogP contribution in [0.3, 0.4) is 0 Å². The zero-order valence-electron chi connectivity index (χ0n) is 6.49. The van der Waals surface area contributed by atoms with Crippen LogP contribution in [0.15, 0.2) is 0 Å². The minimum absolute atomic E-state index is 0.0495. The molecule has 0 spiro atoms. The summed E-state index contributed by atoms with van der Waals surface area (Å²) in [4.78, 5) is 10.4. The molecule has 0 rings (SSSR count). The van der Waals surface area contributed by atoms with Gasteiger partial charge in [0, 0.05) is 0 Å². The lowest BCUT2D eigenvalue weighted by Gasteiger charge is -2.03. The Morgan fingerprint density at radius 3 is 2.58 bits per heavy atom. The van der Waals surface area contributed by atoms with Crippen molar-refractivity contribution in [2.45, 2.75) is 0 Å². The number of halogens is 1. The summed E-state index contributed by atoms with van der Waals surface area (Å²) in [5.41, 5.74) is 0. The molecule has 0 bridgehead atoms. The molecule has 0 aromatic carbocycles. The molecular formula is C6H11ClO5. The van der Waals surface area contributed by atoms with Gasteiger partial charge in [-0.05, 0) is 0 Å². The van der Waals surface area contributed by atoms with Crippen molar-refractivity contribution >= 4 is 17.8 Å². The maximum absolute atomic E-state index is 10.4. The highest BCUT2D eigenvalue weighted by molar-refractivity contribution is 6.17. The Hall–Kier alpha value is -0.520. The lowest BCUT2D eigenvalue weighted by atomic mass is 10.7. The molecule has 0 aromatic rings. The molecule has 0 unspecified atom stereocenters. The molecule has 6 heteroatoms. The summed E-state index contributed by atoms with van der Waals surface area (Å²) in [6, 6.07) is -0.226. The minimum atomic E-state index is -0.822. The third kappa shape index (κ3) is 7.59. The minimum Gasteiger partial charge on any atom is -0.432 e. The Morgan fingerprint density at radius 1 is 1.25 bits per heavy atom. The summed E-state index contributed by atoms with van der Waals surface area (Å²) in [6.07, 6.45) is -0.822. The van der Waals surface area contributed by atoms with E-state index in [2.05, 4.69) is 9.47 Å². The number of ether oxygens (including phenoxy) is 3. The first-order valence-corrected chi connectivity index (χ1v) is 3.89. The van der Waals surface area contributed by atoms with E-state index in [1.165, 1.54) is 0 Å². The summed E-state index contributed by atoms with van der Waals surface area (Å²) in [6.45, 7) is 0.508. The van der Waals surface area contributed by atoms with Crippen molar-refractivity contribution in [1.82, 2.24) is 0 Å². The molecule has 0 fully saturated rings. The summed E-state index contributed by atoms with van der Waals surface area (Å²) in [5.74, 6) is 0. The second-order valence-corrected chi connectivity index (χ2v) is 1.91. The Kier molecular flexibility index (Phi) is 8.20. The predicted octanol–water partition coefficient (Wildman–Crippen LogP) is 0.345. The van der Waals surface area contributed by atoms with Crippen LogP contribution < -0.4 is 0 Å². The Bertz CT molecular complexity index is 119. The van der Waals surface area contributed by atoms with E-state index in [4.69, 9.17) is 21.4 Å². The second kappa shape index (κ2) is 8.58. The zero-order valence-corrected chi connectivity index (χ0v) is 7.25. The van der Waals surface area contributed by atoms with Gasteiger partial charge in [0.2, 0.25) is 0 Å². The van der Waals surface area contributed by atoms with E-state index in [1.807, 2.05) is 0 Å². The molecule has 1 N–H and O–H groups in total. The van der Waals surface area contributed by atoms with E-state index >= 15 is 0 Å². The average molecular weight is 199 g/mol. The summed E-state index contributed by atoms with van der Waals surface area (Å²) >= 11 is 5.07. The molecule has 0 saturated heterocycles. The summed E-state index contributed by atoms with van der Waals surface area (Å²) in [5, 5.41) is 8.28. The molecule has 0 aliphatic carbocycles. The van der Waals surface area contributed by atoms with Crippen molar-refractivity contribution < 1.29 is 24.1 Å². The number of rotatable bonds is 6. The van der Waals surface area contributed by atoms with Crippen LogP contribution in [0.25, 0.3) is 0 Å². The smallest absolute Gasteiger partial charge is 0.432 e. The van der Waals surface area contributed by atoms with Gasteiger partial charge in [0.05, 0.1) is 19.8 Å². The molecule has 72 valence electrons. The maximum Gasteiger partial charge on any atom is 0.509 e. The van der Waals surface area contributed by atoms with E-state index in [0.717, 1.165) is 0 Å². The molecule has 0 aromatic heterocycles. The summed E-state index contributed by atoms with van der Waals surface area (Å²) < 4.78 is 13.5.